The van der Waals surface area contributed by atoms with Crippen LogP contribution in [0.5, 0.6) is 0 Å². The van der Waals surface area contributed by atoms with Crippen LogP contribution in [0.15, 0.2) is 12.2 Å². The van der Waals surface area contributed by atoms with Crippen molar-refractivity contribution in [3.63, 3.8) is 0 Å². The van der Waals surface area contributed by atoms with Crippen LogP contribution in [0.3, 0.4) is 0 Å². The molecule has 0 bridgehead atoms. The average Bonchev–Trinajstić information content (AvgIpc) is 3.07. The number of hydrogen-bond acceptors (Lipinski definition) is 4. The number of allylic oxidation sites excluding steroid dienone is 2. The van der Waals surface area contributed by atoms with E-state index in [1.165, 1.54) is 19.3 Å². The molecule has 0 aromatic carbocycles. The highest BCUT2D eigenvalue weighted by Crippen LogP contribution is 2.47. The van der Waals surface area contributed by atoms with E-state index in [0.717, 1.165) is 44.9 Å². The molecule has 0 spiro atoms. The fourth-order valence-corrected chi connectivity index (χ4v) is 8.31. The van der Waals surface area contributed by atoms with Crippen molar-refractivity contribution in [3.8, 4) is 0 Å². The first kappa shape index (κ1) is 33.8. The van der Waals surface area contributed by atoms with Crippen molar-refractivity contribution < 1.29 is 18.4 Å². The number of carbonyl (C=O) groups is 1. The summed E-state index contributed by atoms with van der Waals surface area (Å²) in [7, 11) is -3.83. The molecule has 1 aliphatic heterocycles. The Morgan fingerprint density at radius 1 is 0.974 bits per heavy atom. The molecule has 38 heavy (non-hydrogen) atoms. The summed E-state index contributed by atoms with van der Waals surface area (Å²) >= 11 is 0. The molecule has 0 aromatic rings. The van der Waals surface area contributed by atoms with E-state index in [9.17, 15) is 4.79 Å². The Morgan fingerprint density at radius 3 is 2.24 bits per heavy atom. The summed E-state index contributed by atoms with van der Waals surface area (Å²) in [4.78, 5) is 12.7. The second kappa shape index (κ2) is 14.0. The Kier molecular flexibility index (Phi) is 12.4. The summed E-state index contributed by atoms with van der Waals surface area (Å²) in [5.74, 6) is 0.690. The van der Waals surface area contributed by atoms with Gasteiger partial charge in [0.1, 0.15) is 6.10 Å². The van der Waals surface area contributed by atoms with Gasteiger partial charge in [-0.25, -0.2) is 0 Å². The van der Waals surface area contributed by atoms with Gasteiger partial charge in [0.05, 0.1) is 6.10 Å². The smallest absolute Gasteiger partial charge is 0.306 e. The van der Waals surface area contributed by atoms with Gasteiger partial charge in [-0.15, -0.1) is 0 Å². The highest BCUT2D eigenvalue weighted by atomic mass is 28.4. The van der Waals surface area contributed by atoms with E-state index in [2.05, 4.69) is 86.8 Å². The van der Waals surface area contributed by atoms with E-state index >= 15 is 0 Å². The van der Waals surface area contributed by atoms with Crippen LogP contribution in [0.25, 0.3) is 0 Å². The summed E-state index contributed by atoms with van der Waals surface area (Å²) in [6, 6.07) is 0. The minimum atomic E-state index is -1.97. The highest BCUT2D eigenvalue weighted by molar-refractivity contribution is 6.74. The third kappa shape index (κ3) is 9.59. The molecule has 2 rings (SSSR count). The van der Waals surface area contributed by atoms with Gasteiger partial charge in [0.2, 0.25) is 0 Å². The largest absolute Gasteiger partial charge is 0.462 e. The van der Waals surface area contributed by atoms with Crippen LogP contribution < -0.4 is 0 Å². The van der Waals surface area contributed by atoms with Crippen molar-refractivity contribution in [1.29, 1.82) is 0 Å². The first-order valence-electron chi connectivity index (χ1n) is 15.7. The minimum absolute atomic E-state index is 0.0271. The van der Waals surface area contributed by atoms with E-state index in [4.69, 9.17) is 13.6 Å². The molecule has 5 atom stereocenters. The van der Waals surface area contributed by atoms with E-state index in [1.807, 2.05) is 0 Å². The van der Waals surface area contributed by atoms with Gasteiger partial charge in [-0.3, -0.25) is 4.79 Å². The van der Waals surface area contributed by atoms with Crippen LogP contribution >= 0.6 is 0 Å². The van der Waals surface area contributed by atoms with Crippen LogP contribution in [-0.2, 0) is 18.4 Å². The first-order valence-corrected chi connectivity index (χ1v) is 21.5. The molecule has 222 valence electrons. The van der Waals surface area contributed by atoms with Crippen LogP contribution in [0.2, 0.25) is 36.3 Å². The lowest BCUT2D eigenvalue weighted by atomic mass is 9.85. The summed E-state index contributed by atoms with van der Waals surface area (Å²) in [5.41, 5.74) is 0. The zero-order valence-corrected chi connectivity index (χ0v) is 29.0. The topological polar surface area (TPSA) is 44.8 Å². The number of hydrogen-bond donors (Lipinski definition) is 0. The Bertz CT molecular complexity index is 762. The van der Waals surface area contributed by atoms with Crippen LogP contribution in [0, 0.1) is 11.8 Å². The number of esters is 1. The van der Waals surface area contributed by atoms with Gasteiger partial charge >= 0.3 is 5.97 Å². The Morgan fingerprint density at radius 2 is 1.63 bits per heavy atom. The van der Waals surface area contributed by atoms with Gasteiger partial charge in [0.25, 0.3) is 0 Å². The Labute approximate surface area is 238 Å². The van der Waals surface area contributed by atoms with Gasteiger partial charge in [-0.1, -0.05) is 79.9 Å². The van der Waals surface area contributed by atoms with Crippen molar-refractivity contribution in [3.05, 3.63) is 12.2 Å². The zero-order chi connectivity index (χ0) is 28.8. The first-order chi connectivity index (χ1) is 17.5. The lowest BCUT2D eigenvalue weighted by Crippen LogP contribution is -2.45. The van der Waals surface area contributed by atoms with E-state index in [1.54, 1.807) is 0 Å². The zero-order valence-electron chi connectivity index (χ0n) is 27.0. The molecule has 0 radical (unpaired) electrons. The summed E-state index contributed by atoms with van der Waals surface area (Å²) in [6.45, 7) is 25.8. The van der Waals surface area contributed by atoms with Gasteiger partial charge < -0.3 is 13.6 Å². The third-order valence-electron chi connectivity index (χ3n) is 10.1. The molecule has 4 nitrogen and oxygen atoms in total. The van der Waals surface area contributed by atoms with Gasteiger partial charge in [0.15, 0.2) is 16.6 Å². The molecule has 0 amide bonds. The fourth-order valence-electron chi connectivity index (χ4n) is 5.50. The van der Waals surface area contributed by atoms with Crippen molar-refractivity contribution in [2.45, 2.75) is 174 Å². The Balaban J connectivity index is 2.31. The lowest BCUT2D eigenvalue weighted by molar-refractivity contribution is -0.151. The van der Waals surface area contributed by atoms with Crippen molar-refractivity contribution in [2.24, 2.45) is 11.8 Å². The number of ether oxygens (including phenoxy) is 1. The second-order valence-electron chi connectivity index (χ2n) is 15.2. The van der Waals surface area contributed by atoms with Crippen molar-refractivity contribution in [2.75, 3.05) is 0 Å². The number of rotatable bonds is 11. The fraction of sp³-hybridized carbons (Fsp3) is 0.906. The van der Waals surface area contributed by atoms with Gasteiger partial charge in [-0.2, -0.15) is 0 Å². The molecular weight excluding hydrogens is 505 g/mol. The normalized spacial score (nSPS) is 27.5. The third-order valence-corrected chi connectivity index (χ3v) is 19.1. The Hall–Kier alpha value is -0.436. The molecule has 1 aliphatic carbocycles. The van der Waals surface area contributed by atoms with Gasteiger partial charge in [-0.05, 0) is 80.7 Å². The minimum Gasteiger partial charge on any atom is -0.462 e. The molecular formula is C32H62O4Si2. The van der Waals surface area contributed by atoms with E-state index < -0.39 is 16.6 Å². The molecule has 1 saturated carbocycles. The average molecular weight is 567 g/mol. The maximum absolute atomic E-state index is 12.7. The summed E-state index contributed by atoms with van der Waals surface area (Å²) < 4.78 is 20.3. The van der Waals surface area contributed by atoms with Crippen LogP contribution in [0.1, 0.15) is 119 Å². The molecule has 0 aromatic heterocycles. The predicted octanol–water partition coefficient (Wildman–Crippen LogP) is 9.81. The quantitative estimate of drug-likeness (QED) is 0.108. The standard InChI is InChI=1S/C32H62O4Si2/c1-12-13-16-19-25(35-37(8,9)31(2,3)4)22-23-27-26-20-17-14-15-18-21-30(33)34-28(26)24-29(27)36-38(10,11)32(5,6)7/h14,17,25-29H,12-13,15-16,18-24H2,1-11H3/b17-14-/t25-,26+,27+,28-,29?/m0/s1. The van der Waals surface area contributed by atoms with Gasteiger partial charge in [0, 0.05) is 24.9 Å². The second-order valence-corrected chi connectivity index (χ2v) is 24.7. The van der Waals surface area contributed by atoms with E-state index in [-0.39, 0.29) is 28.3 Å². The number of fused-ring (bicyclic) bond motifs is 1. The molecule has 2 aliphatic rings. The molecule has 0 N–H and O–H groups in total. The number of unbranched alkanes of at least 4 members (excludes halogenated alkanes) is 2. The molecule has 1 unspecified atom stereocenters. The van der Waals surface area contributed by atoms with Crippen LogP contribution in [-0.4, -0.2) is 40.9 Å². The summed E-state index contributed by atoms with van der Waals surface area (Å²) in [6.07, 6.45) is 16.2. The maximum Gasteiger partial charge on any atom is 0.306 e. The van der Waals surface area contributed by atoms with Crippen LogP contribution in [0.4, 0.5) is 0 Å². The molecule has 0 saturated heterocycles. The summed E-state index contributed by atoms with van der Waals surface area (Å²) in [5, 5.41) is 0.358. The number of carbonyl (C=O) groups excluding carboxylic acids is 1. The predicted molar refractivity (Wildman–Crippen MR) is 167 cm³/mol. The lowest BCUT2D eigenvalue weighted by Gasteiger charge is -2.41. The van der Waals surface area contributed by atoms with Crippen molar-refractivity contribution >= 4 is 22.6 Å². The monoisotopic (exact) mass is 566 g/mol. The SMILES string of the molecule is CCCCC[C@@H](CC[C@H]1C(O[Si](C)(C)C(C)(C)C)C[C@@H]2OC(=O)CCC/C=C\C[C@@H]21)O[Si](C)(C)C(C)(C)C. The molecule has 1 heterocycles. The molecule has 6 heteroatoms. The highest BCUT2D eigenvalue weighted by Gasteiger charge is 2.49. The van der Waals surface area contributed by atoms with E-state index in [0.29, 0.717) is 24.4 Å². The maximum atomic E-state index is 12.7. The van der Waals surface area contributed by atoms with Crippen molar-refractivity contribution in [1.82, 2.24) is 0 Å². The molecule has 1 fully saturated rings.